The molecule has 0 atom stereocenters. The van der Waals surface area contributed by atoms with Crippen molar-refractivity contribution in [2.45, 2.75) is 6.54 Å². The normalized spacial score (nSPS) is 9.95. The highest BCUT2D eigenvalue weighted by atomic mass is 19.1. The van der Waals surface area contributed by atoms with E-state index < -0.39 is 6.03 Å². The van der Waals surface area contributed by atoms with Crippen LogP contribution in [0.3, 0.4) is 0 Å². The van der Waals surface area contributed by atoms with Crippen LogP contribution in [0.5, 0.6) is 0 Å². The molecule has 2 rings (SSSR count). The summed E-state index contributed by atoms with van der Waals surface area (Å²) >= 11 is 0. The third-order valence-electron chi connectivity index (χ3n) is 2.59. The summed E-state index contributed by atoms with van der Waals surface area (Å²) in [7, 11) is 0. The lowest BCUT2D eigenvalue weighted by molar-refractivity contribution is 0.259. The molecule has 0 radical (unpaired) electrons. The first-order chi connectivity index (χ1) is 9.15. The molecule has 0 aliphatic rings. The second-order valence-electron chi connectivity index (χ2n) is 4.01. The molecule has 4 nitrogen and oxygen atoms in total. The molecule has 0 aromatic heterocycles. The van der Waals surface area contributed by atoms with Crippen LogP contribution < -0.4 is 16.4 Å². The van der Waals surface area contributed by atoms with E-state index in [2.05, 4.69) is 10.6 Å². The number of anilines is 2. The first-order valence-corrected chi connectivity index (χ1v) is 5.79. The van der Waals surface area contributed by atoms with Crippen LogP contribution in [0.25, 0.3) is 0 Å². The largest absolute Gasteiger partial charge is 0.381 e. The van der Waals surface area contributed by atoms with Crippen LogP contribution in [0.4, 0.5) is 20.6 Å². The maximum atomic E-state index is 13.4. The molecule has 0 unspecified atom stereocenters. The van der Waals surface area contributed by atoms with E-state index in [9.17, 15) is 9.18 Å². The number of primary amides is 1. The molecule has 0 bridgehead atoms. The number of carbonyl (C=O) groups is 1. The summed E-state index contributed by atoms with van der Waals surface area (Å²) in [4.78, 5) is 10.7. The molecule has 0 saturated carbocycles. The summed E-state index contributed by atoms with van der Waals surface area (Å²) in [5.41, 5.74) is 7.05. The molecule has 2 aromatic rings. The summed E-state index contributed by atoms with van der Waals surface area (Å²) in [5.74, 6) is -0.234. The van der Waals surface area contributed by atoms with Crippen molar-refractivity contribution in [3.8, 4) is 0 Å². The van der Waals surface area contributed by atoms with Crippen molar-refractivity contribution in [3.63, 3.8) is 0 Å². The first-order valence-electron chi connectivity index (χ1n) is 5.79. The van der Waals surface area contributed by atoms with E-state index in [0.29, 0.717) is 17.8 Å². The average Bonchev–Trinajstić information content (AvgIpc) is 2.39. The number of carbonyl (C=O) groups excluding carboxylic acids is 1. The van der Waals surface area contributed by atoms with Gasteiger partial charge in [-0.1, -0.05) is 18.2 Å². The van der Waals surface area contributed by atoms with E-state index in [4.69, 9.17) is 5.73 Å². The predicted molar refractivity (Wildman–Crippen MR) is 73.4 cm³/mol. The van der Waals surface area contributed by atoms with Crippen molar-refractivity contribution in [1.29, 1.82) is 0 Å². The maximum Gasteiger partial charge on any atom is 0.316 e. The molecule has 5 heteroatoms. The number of amides is 2. The second-order valence-corrected chi connectivity index (χ2v) is 4.01. The Morgan fingerprint density at radius 3 is 2.32 bits per heavy atom. The Hall–Kier alpha value is -2.56. The van der Waals surface area contributed by atoms with Crippen molar-refractivity contribution < 1.29 is 9.18 Å². The molecule has 98 valence electrons. The average molecular weight is 259 g/mol. The lowest BCUT2D eigenvalue weighted by Crippen LogP contribution is -2.19. The molecular formula is C14H14FN3O. The van der Waals surface area contributed by atoms with Crippen LogP contribution in [-0.4, -0.2) is 6.03 Å². The van der Waals surface area contributed by atoms with Gasteiger partial charge in [0.2, 0.25) is 0 Å². The molecule has 2 amide bonds. The number of nitrogens with one attached hydrogen (secondary N) is 2. The molecule has 0 aliphatic carbocycles. The predicted octanol–water partition coefficient (Wildman–Crippen LogP) is 2.93. The van der Waals surface area contributed by atoms with Gasteiger partial charge in [-0.3, -0.25) is 0 Å². The molecule has 0 spiro atoms. The SMILES string of the molecule is NC(=O)Nc1ccc(NCc2ccccc2F)cc1. The Morgan fingerprint density at radius 1 is 1.05 bits per heavy atom. The number of benzene rings is 2. The van der Waals surface area contributed by atoms with Crippen molar-refractivity contribution in [2.75, 3.05) is 10.6 Å². The van der Waals surface area contributed by atoms with Crippen LogP contribution in [0.2, 0.25) is 0 Å². The number of hydrogen-bond donors (Lipinski definition) is 3. The summed E-state index contributed by atoms with van der Waals surface area (Å²) < 4.78 is 13.4. The van der Waals surface area contributed by atoms with E-state index in [1.807, 2.05) is 0 Å². The summed E-state index contributed by atoms with van der Waals surface area (Å²) in [6.45, 7) is 0.398. The van der Waals surface area contributed by atoms with Gasteiger partial charge >= 0.3 is 6.03 Å². The number of nitrogens with two attached hydrogens (primary N) is 1. The smallest absolute Gasteiger partial charge is 0.316 e. The fraction of sp³-hybridized carbons (Fsp3) is 0.0714. The third-order valence-corrected chi connectivity index (χ3v) is 2.59. The van der Waals surface area contributed by atoms with E-state index >= 15 is 0 Å². The van der Waals surface area contributed by atoms with Gasteiger partial charge in [-0.15, -0.1) is 0 Å². The molecule has 0 fully saturated rings. The van der Waals surface area contributed by atoms with E-state index in [-0.39, 0.29) is 5.82 Å². The van der Waals surface area contributed by atoms with Gasteiger partial charge in [0.05, 0.1) is 0 Å². The highest BCUT2D eigenvalue weighted by Gasteiger charge is 2.00. The second kappa shape index (κ2) is 5.86. The molecule has 2 aromatic carbocycles. The fourth-order valence-electron chi connectivity index (χ4n) is 1.65. The summed E-state index contributed by atoms with van der Waals surface area (Å²) in [5, 5.41) is 5.56. The quantitative estimate of drug-likeness (QED) is 0.790. The van der Waals surface area contributed by atoms with Crippen LogP contribution in [0.15, 0.2) is 48.5 Å². The van der Waals surface area contributed by atoms with Gasteiger partial charge in [0, 0.05) is 23.5 Å². The van der Waals surface area contributed by atoms with Crippen molar-refractivity contribution in [1.82, 2.24) is 0 Å². The lowest BCUT2D eigenvalue weighted by Gasteiger charge is -2.08. The molecule has 0 saturated heterocycles. The highest BCUT2D eigenvalue weighted by molar-refractivity contribution is 5.87. The monoisotopic (exact) mass is 259 g/mol. The van der Waals surface area contributed by atoms with Gasteiger partial charge in [0.15, 0.2) is 0 Å². The van der Waals surface area contributed by atoms with Crippen LogP contribution in [0.1, 0.15) is 5.56 Å². The number of urea groups is 1. The summed E-state index contributed by atoms with van der Waals surface area (Å²) in [6, 6.07) is 13.0. The minimum absolute atomic E-state index is 0.234. The Balaban J connectivity index is 1.97. The third kappa shape index (κ3) is 3.70. The fourth-order valence-corrected chi connectivity index (χ4v) is 1.65. The van der Waals surface area contributed by atoms with Crippen molar-refractivity contribution >= 4 is 17.4 Å². The van der Waals surface area contributed by atoms with Gasteiger partial charge < -0.3 is 16.4 Å². The zero-order valence-electron chi connectivity index (χ0n) is 10.2. The Morgan fingerprint density at radius 2 is 1.68 bits per heavy atom. The number of halogens is 1. The Labute approximate surface area is 110 Å². The topological polar surface area (TPSA) is 67.2 Å². The Kier molecular flexibility index (Phi) is 3.97. The zero-order valence-corrected chi connectivity index (χ0v) is 10.2. The van der Waals surface area contributed by atoms with Crippen LogP contribution >= 0.6 is 0 Å². The van der Waals surface area contributed by atoms with E-state index in [1.165, 1.54) is 6.07 Å². The van der Waals surface area contributed by atoms with Gasteiger partial charge in [0.25, 0.3) is 0 Å². The van der Waals surface area contributed by atoms with Crippen LogP contribution in [-0.2, 0) is 6.54 Å². The van der Waals surface area contributed by atoms with E-state index in [0.717, 1.165) is 5.69 Å². The van der Waals surface area contributed by atoms with Gasteiger partial charge in [-0.25, -0.2) is 9.18 Å². The van der Waals surface area contributed by atoms with E-state index in [1.54, 1.807) is 42.5 Å². The molecule has 0 aliphatic heterocycles. The van der Waals surface area contributed by atoms with Gasteiger partial charge in [-0.05, 0) is 30.3 Å². The Bertz CT molecular complexity index is 569. The van der Waals surface area contributed by atoms with Crippen molar-refractivity contribution in [2.24, 2.45) is 5.73 Å². The standard InChI is InChI=1S/C14H14FN3O/c15-13-4-2-1-3-10(13)9-17-11-5-7-12(8-6-11)18-14(16)19/h1-8,17H,9H2,(H3,16,18,19). The van der Waals surface area contributed by atoms with Gasteiger partial charge in [-0.2, -0.15) is 0 Å². The molecule has 19 heavy (non-hydrogen) atoms. The number of rotatable bonds is 4. The number of hydrogen-bond acceptors (Lipinski definition) is 2. The molecule has 4 N–H and O–H groups in total. The minimum atomic E-state index is -0.605. The zero-order chi connectivity index (χ0) is 13.7. The highest BCUT2D eigenvalue weighted by Crippen LogP contribution is 2.15. The van der Waals surface area contributed by atoms with Crippen molar-refractivity contribution in [3.05, 3.63) is 59.9 Å². The first kappa shape index (κ1) is 12.9. The maximum absolute atomic E-state index is 13.4. The minimum Gasteiger partial charge on any atom is -0.381 e. The summed E-state index contributed by atoms with van der Waals surface area (Å²) in [6.07, 6.45) is 0. The molecular weight excluding hydrogens is 245 g/mol. The van der Waals surface area contributed by atoms with Gasteiger partial charge in [0.1, 0.15) is 5.82 Å². The molecule has 0 heterocycles. The van der Waals surface area contributed by atoms with Crippen LogP contribution in [0, 0.1) is 5.82 Å². The lowest BCUT2D eigenvalue weighted by atomic mass is 10.2.